The Bertz CT molecular complexity index is 745. The van der Waals surface area contributed by atoms with E-state index in [-0.39, 0.29) is 6.61 Å². The molecule has 0 aliphatic rings. The number of rotatable bonds is 12. The van der Waals surface area contributed by atoms with Crippen molar-refractivity contribution in [1.29, 1.82) is 0 Å². The second-order valence-corrected chi connectivity index (χ2v) is 6.03. The molecule has 0 bridgehead atoms. The second-order valence-electron chi connectivity index (χ2n) is 6.03. The van der Waals surface area contributed by atoms with Crippen LogP contribution in [0.15, 0.2) is 45.0 Å². The van der Waals surface area contributed by atoms with Crippen molar-refractivity contribution in [1.82, 2.24) is 20.6 Å². The van der Waals surface area contributed by atoms with Crippen molar-refractivity contribution < 1.29 is 5.11 Å². The highest BCUT2D eigenvalue weighted by atomic mass is 16.3. The van der Waals surface area contributed by atoms with Crippen molar-refractivity contribution in [3.63, 3.8) is 0 Å². The van der Waals surface area contributed by atoms with Crippen molar-refractivity contribution in [2.75, 3.05) is 26.7 Å². The zero-order valence-corrected chi connectivity index (χ0v) is 17.2. The lowest BCUT2D eigenvalue weighted by atomic mass is 10.2. The molecule has 0 atom stereocenters. The van der Waals surface area contributed by atoms with Gasteiger partial charge in [0.05, 0.1) is 31.6 Å². The molecule has 1 aromatic rings. The van der Waals surface area contributed by atoms with Crippen LogP contribution in [-0.4, -0.2) is 60.6 Å². The Labute approximate surface area is 166 Å². The normalized spacial score (nSPS) is 13.2. The largest absolute Gasteiger partial charge is 0.394 e. The number of nitrogens with two attached hydrogens (primary N) is 1. The van der Waals surface area contributed by atoms with E-state index in [0.29, 0.717) is 25.5 Å². The molecule has 1 heterocycles. The van der Waals surface area contributed by atoms with Gasteiger partial charge in [-0.25, -0.2) is 9.98 Å². The zero-order valence-electron chi connectivity index (χ0n) is 17.2. The number of likely N-dealkylation sites (N-methyl/N-ethyl adjacent to an activating group) is 1. The Balaban J connectivity index is 2.68. The number of nitrogens with zero attached hydrogens (tertiary/aromatic N) is 4. The Morgan fingerprint density at radius 2 is 2.21 bits per heavy atom. The molecule has 154 valence electrons. The molecule has 0 amide bonds. The number of H-pyrrole nitrogens is 1. The van der Waals surface area contributed by atoms with Crippen molar-refractivity contribution in [2.45, 2.75) is 27.3 Å². The van der Waals surface area contributed by atoms with Crippen LogP contribution < -0.4 is 16.4 Å². The van der Waals surface area contributed by atoms with E-state index in [1.807, 2.05) is 27.0 Å². The first-order valence-electron chi connectivity index (χ1n) is 9.06. The summed E-state index contributed by atoms with van der Waals surface area (Å²) in [6, 6.07) is 0. The summed E-state index contributed by atoms with van der Waals surface area (Å²) in [6.07, 6.45) is 7.15. The lowest BCUT2D eigenvalue weighted by molar-refractivity contribution is 0.241. The number of aliphatic hydroxyl groups excluding tert-OH is 1. The summed E-state index contributed by atoms with van der Waals surface area (Å²) in [4.78, 5) is 11.7. The third kappa shape index (κ3) is 7.37. The van der Waals surface area contributed by atoms with E-state index < -0.39 is 0 Å². The highest BCUT2D eigenvalue weighted by molar-refractivity contribution is 5.83. The van der Waals surface area contributed by atoms with Crippen LogP contribution in [0.3, 0.4) is 0 Å². The summed E-state index contributed by atoms with van der Waals surface area (Å²) in [7, 11) is 1.80. The average Bonchev–Trinajstić information content (AvgIpc) is 3.02. The maximum absolute atomic E-state index is 9.02. The Morgan fingerprint density at radius 1 is 1.46 bits per heavy atom. The summed E-state index contributed by atoms with van der Waals surface area (Å²) in [5, 5.41) is 20.8. The molecule has 0 spiro atoms. The highest BCUT2D eigenvalue weighted by Crippen LogP contribution is 2.19. The minimum absolute atomic E-state index is 0.00885. The van der Waals surface area contributed by atoms with Crippen LogP contribution in [0.1, 0.15) is 25.0 Å². The van der Waals surface area contributed by atoms with Crippen molar-refractivity contribution in [3.05, 3.63) is 41.0 Å². The van der Waals surface area contributed by atoms with E-state index in [1.165, 1.54) is 0 Å². The summed E-state index contributed by atoms with van der Waals surface area (Å²) in [6.45, 7) is 10.8. The Morgan fingerprint density at radius 3 is 2.82 bits per heavy atom. The summed E-state index contributed by atoms with van der Waals surface area (Å²) < 4.78 is 0. The number of amidine groups is 1. The fraction of sp³-hybridized carbons (Fsp3) is 0.421. The molecule has 6 N–H and O–H groups in total. The highest BCUT2D eigenvalue weighted by Gasteiger charge is 2.05. The molecule has 1 rings (SSSR count). The molecule has 0 aliphatic heterocycles. The van der Waals surface area contributed by atoms with Gasteiger partial charge in [0.1, 0.15) is 11.7 Å². The van der Waals surface area contributed by atoms with Crippen molar-refractivity contribution in [3.8, 4) is 0 Å². The second kappa shape index (κ2) is 12.5. The van der Waals surface area contributed by atoms with Crippen LogP contribution in [0.4, 0.5) is 5.82 Å². The van der Waals surface area contributed by atoms with Gasteiger partial charge in [-0.2, -0.15) is 5.10 Å². The van der Waals surface area contributed by atoms with Crippen LogP contribution in [-0.2, 0) is 6.54 Å². The molecule has 9 heteroatoms. The molecule has 0 saturated heterocycles. The van der Waals surface area contributed by atoms with Crippen molar-refractivity contribution in [2.24, 2.45) is 20.8 Å². The molecule has 0 radical (unpaired) electrons. The molecule has 28 heavy (non-hydrogen) atoms. The van der Waals surface area contributed by atoms with Gasteiger partial charge >= 0.3 is 0 Å². The lowest BCUT2D eigenvalue weighted by Gasteiger charge is -2.14. The molecular weight excluding hydrogens is 356 g/mol. The molecule has 9 nitrogen and oxygen atoms in total. The fourth-order valence-electron chi connectivity index (χ4n) is 2.42. The van der Waals surface area contributed by atoms with Crippen LogP contribution in [0.25, 0.3) is 0 Å². The SMILES string of the molecule is C=NN(/C=C(C)/C(=C/N=C(/N)CNCc1c[nH]c(/N=C\C)c1C)NC)CCO. The number of allylic oxidation sites excluding steroid dienone is 1. The quantitative estimate of drug-likeness (QED) is 0.160. The predicted octanol–water partition coefficient (Wildman–Crippen LogP) is 1.37. The van der Waals surface area contributed by atoms with E-state index in [0.717, 1.165) is 28.2 Å². The molecule has 1 aromatic heterocycles. The lowest BCUT2D eigenvalue weighted by Crippen LogP contribution is -2.28. The van der Waals surface area contributed by atoms with Crippen molar-refractivity contribution >= 4 is 24.6 Å². The maximum Gasteiger partial charge on any atom is 0.132 e. The molecule has 0 aromatic carbocycles. The predicted molar refractivity (Wildman–Crippen MR) is 117 cm³/mol. The van der Waals surface area contributed by atoms with Gasteiger partial charge < -0.3 is 26.5 Å². The first-order chi connectivity index (χ1) is 13.5. The monoisotopic (exact) mass is 388 g/mol. The van der Waals surface area contributed by atoms with Crippen LogP contribution in [0.5, 0.6) is 0 Å². The first kappa shape index (κ1) is 23.1. The molecule has 0 saturated carbocycles. The van der Waals surface area contributed by atoms with E-state index in [1.54, 1.807) is 30.7 Å². The number of hydrazone groups is 1. The number of aliphatic imine (C=N–C) groups is 2. The van der Waals surface area contributed by atoms with Gasteiger partial charge in [-0.3, -0.25) is 5.01 Å². The van der Waals surface area contributed by atoms with Gasteiger partial charge in [-0.1, -0.05) is 0 Å². The van der Waals surface area contributed by atoms with Gasteiger partial charge in [-0.15, -0.1) is 0 Å². The smallest absolute Gasteiger partial charge is 0.132 e. The van der Waals surface area contributed by atoms with Crippen LogP contribution >= 0.6 is 0 Å². The topological polar surface area (TPSA) is 126 Å². The molecule has 0 fully saturated rings. The average molecular weight is 389 g/mol. The zero-order chi connectivity index (χ0) is 20.9. The molecule has 0 unspecified atom stereocenters. The van der Waals surface area contributed by atoms with E-state index in [4.69, 9.17) is 10.8 Å². The number of aliphatic hydroxyl groups is 1. The third-order valence-electron chi connectivity index (χ3n) is 4.01. The summed E-state index contributed by atoms with van der Waals surface area (Å²) >= 11 is 0. The first-order valence-corrected chi connectivity index (χ1v) is 9.06. The standard InChI is InChI=1S/C19H32N8O/c1-6-24-19-15(3)16(10-26-19)9-23-12-18(20)25-11-17(21-4)14(2)13-27(22-5)7-8-28/h6,10-11,13,21,23,26,28H,5,7-9,12H2,1-4H3,(H2,20,25)/b14-13+,17-11-,24-6-. The van der Waals surface area contributed by atoms with Gasteiger partial charge in [0.25, 0.3) is 0 Å². The summed E-state index contributed by atoms with van der Waals surface area (Å²) in [5.74, 6) is 1.34. The van der Waals surface area contributed by atoms with Crippen LogP contribution in [0.2, 0.25) is 0 Å². The van der Waals surface area contributed by atoms with Crippen LogP contribution in [0, 0.1) is 6.92 Å². The number of nitrogens with one attached hydrogen (secondary N) is 3. The fourth-order valence-corrected chi connectivity index (χ4v) is 2.42. The maximum atomic E-state index is 9.02. The third-order valence-corrected chi connectivity index (χ3v) is 4.01. The minimum Gasteiger partial charge on any atom is -0.394 e. The Hall–Kier alpha value is -2.91. The van der Waals surface area contributed by atoms with Gasteiger partial charge in [0.15, 0.2) is 0 Å². The Kier molecular flexibility index (Phi) is 10.3. The molecular formula is C19H32N8O. The number of aromatic amines is 1. The number of aromatic nitrogens is 1. The number of hydrogen-bond donors (Lipinski definition) is 5. The van der Waals surface area contributed by atoms with Gasteiger partial charge in [-0.05, 0) is 37.5 Å². The van der Waals surface area contributed by atoms with E-state index in [9.17, 15) is 0 Å². The van der Waals surface area contributed by atoms with Gasteiger partial charge in [0.2, 0.25) is 0 Å². The summed E-state index contributed by atoms with van der Waals surface area (Å²) in [5.41, 5.74) is 9.93. The van der Waals surface area contributed by atoms with E-state index >= 15 is 0 Å². The van der Waals surface area contributed by atoms with Gasteiger partial charge in [0, 0.05) is 38.9 Å². The minimum atomic E-state index is -0.00885. The number of hydrogen-bond acceptors (Lipinski definition) is 7. The molecule has 0 aliphatic carbocycles. The van der Waals surface area contributed by atoms with E-state index in [2.05, 4.69) is 37.4 Å².